The summed E-state index contributed by atoms with van der Waals surface area (Å²) < 4.78 is 2.03. The van der Waals surface area contributed by atoms with Gasteiger partial charge in [-0.25, -0.2) is 4.58 Å². The molecule has 0 aromatic carbocycles. The van der Waals surface area contributed by atoms with E-state index in [4.69, 9.17) is 0 Å². The van der Waals surface area contributed by atoms with Crippen molar-refractivity contribution in [2.24, 2.45) is 0 Å². The van der Waals surface area contributed by atoms with Gasteiger partial charge in [-0.05, 0) is 7.05 Å². The van der Waals surface area contributed by atoms with Crippen LogP contribution in [0, 0.1) is 0 Å². The summed E-state index contributed by atoms with van der Waals surface area (Å²) in [6, 6.07) is 0.708. The van der Waals surface area contributed by atoms with Crippen LogP contribution >= 0.6 is 0 Å². The van der Waals surface area contributed by atoms with Gasteiger partial charge in [-0.2, -0.15) is 0 Å². The standard InChI is InChI=1S/C6H13N2/c1-7(2)6-4-8(3)5-6/h6H,1,4-5H2,2-3H3/q+1. The normalized spacial score (nSPS) is 22.8. The third-order valence-electron chi connectivity index (χ3n) is 1.67. The third kappa shape index (κ3) is 0.892. The van der Waals surface area contributed by atoms with Crippen molar-refractivity contribution in [3.8, 4) is 0 Å². The van der Waals surface area contributed by atoms with Crippen LogP contribution in [0.4, 0.5) is 0 Å². The first kappa shape index (κ1) is 5.76. The maximum Gasteiger partial charge on any atom is 0.176 e. The molecule has 0 atom stereocenters. The summed E-state index contributed by atoms with van der Waals surface area (Å²) in [5, 5.41) is 0. The van der Waals surface area contributed by atoms with E-state index in [1.807, 2.05) is 11.6 Å². The Morgan fingerprint density at radius 3 is 2.25 bits per heavy atom. The number of likely N-dealkylation sites (tertiary alicyclic amines) is 1. The Labute approximate surface area is 50.4 Å². The lowest BCUT2D eigenvalue weighted by molar-refractivity contribution is -0.545. The minimum Gasteiger partial charge on any atom is -0.294 e. The number of rotatable bonds is 1. The Hall–Kier alpha value is -0.370. The zero-order valence-corrected chi connectivity index (χ0v) is 5.59. The second kappa shape index (κ2) is 1.86. The van der Waals surface area contributed by atoms with E-state index in [0.29, 0.717) is 6.04 Å². The summed E-state index contributed by atoms with van der Waals surface area (Å²) in [6.45, 7) is 6.16. The van der Waals surface area contributed by atoms with Gasteiger partial charge in [-0.15, -0.1) is 0 Å². The predicted molar refractivity (Wildman–Crippen MR) is 34.6 cm³/mol. The van der Waals surface area contributed by atoms with Crippen LogP contribution in [-0.2, 0) is 0 Å². The van der Waals surface area contributed by atoms with E-state index in [0.717, 1.165) is 0 Å². The molecule has 46 valence electrons. The molecule has 0 radical (unpaired) electrons. The predicted octanol–water partition coefficient (Wildman–Crippen LogP) is -0.357. The summed E-state index contributed by atoms with van der Waals surface area (Å²) >= 11 is 0. The van der Waals surface area contributed by atoms with Crippen LogP contribution < -0.4 is 0 Å². The Kier molecular flexibility index (Phi) is 1.34. The van der Waals surface area contributed by atoms with Gasteiger partial charge in [0.05, 0.1) is 13.1 Å². The molecule has 2 nitrogen and oxygen atoms in total. The molecule has 1 aliphatic rings. The van der Waals surface area contributed by atoms with Crippen molar-refractivity contribution >= 4 is 6.72 Å². The highest BCUT2D eigenvalue weighted by Gasteiger charge is 2.28. The highest BCUT2D eigenvalue weighted by Crippen LogP contribution is 2.04. The average molecular weight is 113 g/mol. The highest BCUT2D eigenvalue weighted by atomic mass is 15.2. The van der Waals surface area contributed by atoms with E-state index >= 15 is 0 Å². The van der Waals surface area contributed by atoms with Crippen molar-refractivity contribution in [2.45, 2.75) is 6.04 Å². The fourth-order valence-electron chi connectivity index (χ4n) is 0.945. The van der Waals surface area contributed by atoms with Gasteiger partial charge in [0, 0.05) is 0 Å². The molecule has 0 unspecified atom stereocenters. The lowest BCUT2D eigenvalue weighted by Gasteiger charge is -2.31. The van der Waals surface area contributed by atoms with Gasteiger partial charge in [0.25, 0.3) is 0 Å². The molecule has 1 aliphatic heterocycles. The first-order valence-electron chi connectivity index (χ1n) is 2.92. The number of likely N-dealkylation sites (N-methyl/N-ethyl adjacent to an activating group) is 2. The lowest BCUT2D eigenvalue weighted by Crippen LogP contribution is -2.53. The van der Waals surface area contributed by atoms with Crippen LogP contribution in [0.1, 0.15) is 0 Å². The van der Waals surface area contributed by atoms with Crippen LogP contribution in [0.25, 0.3) is 0 Å². The molecule has 1 saturated heterocycles. The largest absolute Gasteiger partial charge is 0.294 e. The molecule has 2 heteroatoms. The van der Waals surface area contributed by atoms with E-state index in [1.54, 1.807) is 0 Å². The van der Waals surface area contributed by atoms with E-state index in [2.05, 4.69) is 18.7 Å². The van der Waals surface area contributed by atoms with E-state index in [1.165, 1.54) is 13.1 Å². The Balaban J connectivity index is 2.25. The average Bonchev–Trinajstić information content (AvgIpc) is 1.57. The van der Waals surface area contributed by atoms with Crippen molar-refractivity contribution in [3.63, 3.8) is 0 Å². The monoisotopic (exact) mass is 113 g/mol. The van der Waals surface area contributed by atoms with Crippen molar-refractivity contribution in [1.29, 1.82) is 0 Å². The van der Waals surface area contributed by atoms with Gasteiger partial charge in [0.15, 0.2) is 6.04 Å². The van der Waals surface area contributed by atoms with Gasteiger partial charge < -0.3 is 0 Å². The lowest BCUT2D eigenvalue weighted by atomic mass is 10.1. The molecule has 0 aliphatic carbocycles. The number of hydrogen-bond donors (Lipinski definition) is 0. The number of hydrogen-bond acceptors (Lipinski definition) is 1. The van der Waals surface area contributed by atoms with Gasteiger partial charge in [-0.3, -0.25) is 4.90 Å². The molecule has 0 N–H and O–H groups in total. The summed E-state index contributed by atoms with van der Waals surface area (Å²) in [6.07, 6.45) is 0. The zero-order chi connectivity index (χ0) is 6.15. The van der Waals surface area contributed by atoms with Gasteiger partial charge >= 0.3 is 0 Å². The molecule has 0 saturated carbocycles. The zero-order valence-electron chi connectivity index (χ0n) is 5.59. The Bertz CT molecular complexity index is 103. The second-order valence-corrected chi connectivity index (χ2v) is 2.63. The first-order valence-corrected chi connectivity index (χ1v) is 2.92. The molecule has 0 aromatic heterocycles. The van der Waals surface area contributed by atoms with Crippen molar-refractivity contribution in [3.05, 3.63) is 0 Å². The van der Waals surface area contributed by atoms with Crippen LogP contribution in [-0.4, -0.2) is 49.4 Å². The van der Waals surface area contributed by atoms with E-state index < -0.39 is 0 Å². The fraction of sp³-hybridized carbons (Fsp3) is 0.833. The molecule has 1 rings (SSSR count). The maximum atomic E-state index is 3.80. The molecule has 0 amide bonds. The van der Waals surface area contributed by atoms with Crippen molar-refractivity contribution < 1.29 is 4.58 Å². The van der Waals surface area contributed by atoms with Crippen molar-refractivity contribution in [1.82, 2.24) is 4.90 Å². The molecular weight excluding hydrogens is 100 g/mol. The van der Waals surface area contributed by atoms with E-state index in [-0.39, 0.29) is 0 Å². The third-order valence-corrected chi connectivity index (χ3v) is 1.67. The van der Waals surface area contributed by atoms with Crippen LogP contribution in [0.5, 0.6) is 0 Å². The summed E-state index contributed by atoms with van der Waals surface area (Å²) in [7, 11) is 4.15. The van der Waals surface area contributed by atoms with Gasteiger partial charge in [0.1, 0.15) is 13.8 Å². The molecule has 1 heterocycles. The van der Waals surface area contributed by atoms with Crippen LogP contribution in [0.15, 0.2) is 0 Å². The summed E-state index contributed by atoms with van der Waals surface area (Å²) in [5.74, 6) is 0. The molecule has 8 heavy (non-hydrogen) atoms. The smallest absolute Gasteiger partial charge is 0.176 e. The first-order chi connectivity index (χ1) is 3.70. The van der Waals surface area contributed by atoms with Gasteiger partial charge in [0.2, 0.25) is 0 Å². The van der Waals surface area contributed by atoms with Crippen LogP contribution in [0.3, 0.4) is 0 Å². The SMILES string of the molecule is C=[N+](C)C1CN(C)C1. The summed E-state index contributed by atoms with van der Waals surface area (Å²) in [5.41, 5.74) is 0. The van der Waals surface area contributed by atoms with Gasteiger partial charge in [-0.1, -0.05) is 0 Å². The Morgan fingerprint density at radius 2 is 2.12 bits per heavy atom. The summed E-state index contributed by atoms with van der Waals surface area (Å²) in [4.78, 5) is 2.28. The van der Waals surface area contributed by atoms with Crippen LogP contribution in [0.2, 0.25) is 0 Å². The molecule has 0 bridgehead atoms. The minimum absolute atomic E-state index is 0.708. The Morgan fingerprint density at radius 1 is 1.62 bits per heavy atom. The van der Waals surface area contributed by atoms with Crippen molar-refractivity contribution in [2.75, 3.05) is 27.2 Å². The fourth-order valence-corrected chi connectivity index (χ4v) is 0.945. The molecular formula is C6H13N2+. The van der Waals surface area contributed by atoms with E-state index in [9.17, 15) is 0 Å². The molecule has 0 aromatic rings. The molecule has 1 fully saturated rings. The molecule has 0 spiro atoms. The highest BCUT2D eigenvalue weighted by molar-refractivity contribution is 5.14. The topological polar surface area (TPSA) is 6.25 Å². The number of nitrogens with zero attached hydrogens (tertiary/aromatic N) is 2. The maximum absolute atomic E-state index is 3.80. The second-order valence-electron chi connectivity index (χ2n) is 2.63. The minimum atomic E-state index is 0.708. The quantitative estimate of drug-likeness (QED) is 0.332.